The summed E-state index contributed by atoms with van der Waals surface area (Å²) >= 11 is 0. The molecular formula is C20H19FN2O4. The second kappa shape index (κ2) is 7.19. The Morgan fingerprint density at radius 2 is 1.89 bits per heavy atom. The summed E-state index contributed by atoms with van der Waals surface area (Å²) in [5.41, 5.74) is 0.886. The number of nitrogens with one attached hydrogen (secondary N) is 1. The lowest BCUT2D eigenvalue weighted by Gasteiger charge is -2.22. The normalized spacial score (nSPS) is 19.1. The van der Waals surface area contributed by atoms with Gasteiger partial charge in [-0.15, -0.1) is 0 Å². The Labute approximate surface area is 155 Å². The first-order valence-corrected chi connectivity index (χ1v) is 8.41. The maximum Gasteiger partial charge on any atom is 0.326 e. The topological polar surface area (TPSA) is 75.7 Å². The number of hydrogen-bond acceptors (Lipinski definition) is 4. The third kappa shape index (κ3) is 3.81. The molecule has 2 aromatic carbocycles. The van der Waals surface area contributed by atoms with Crippen LogP contribution in [-0.2, 0) is 26.5 Å². The van der Waals surface area contributed by atoms with Crippen LogP contribution in [0.2, 0.25) is 0 Å². The van der Waals surface area contributed by atoms with E-state index in [9.17, 15) is 18.8 Å². The fraction of sp³-hybridized carbons (Fsp3) is 0.250. The fourth-order valence-electron chi connectivity index (χ4n) is 2.89. The summed E-state index contributed by atoms with van der Waals surface area (Å²) < 4.78 is 18.2. The zero-order chi connectivity index (χ0) is 19.6. The average molecular weight is 370 g/mol. The number of hydrogen-bond donors (Lipinski definition) is 1. The minimum atomic E-state index is -1.24. The third-order valence-corrected chi connectivity index (χ3v) is 4.48. The van der Waals surface area contributed by atoms with E-state index >= 15 is 0 Å². The number of benzene rings is 2. The molecule has 1 aliphatic rings. The average Bonchev–Trinajstić information content (AvgIpc) is 2.85. The van der Waals surface area contributed by atoms with Crippen molar-refractivity contribution in [3.05, 3.63) is 71.0 Å². The first-order chi connectivity index (χ1) is 12.8. The molecule has 1 N–H and O–H groups in total. The van der Waals surface area contributed by atoms with Crippen LogP contribution in [0.3, 0.4) is 0 Å². The van der Waals surface area contributed by atoms with Gasteiger partial charge in [0.2, 0.25) is 0 Å². The summed E-state index contributed by atoms with van der Waals surface area (Å²) in [6, 6.07) is 12.2. The lowest BCUT2D eigenvalue weighted by atomic mass is 9.91. The predicted octanol–water partition coefficient (Wildman–Crippen LogP) is 2.64. The molecule has 3 rings (SSSR count). The number of carbonyl (C=O) groups excluding carboxylic acids is 3. The van der Waals surface area contributed by atoms with Gasteiger partial charge in [-0.05, 0) is 37.1 Å². The number of esters is 1. The van der Waals surface area contributed by atoms with Crippen LogP contribution in [0.15, 0.2) is 48.5 Å². The molecule has 2 aromatic rings. The van der Waals surface area contributed by atoms with E-state index < -0.39 is 35.8 Å². The van der Waals surface area contributed by atoms with E-state index in [-0.39, 0.29) is 6.61 Å². The van der Waals surface area contributed by atoms with Crippen molar-refractivity contribution in [1.29, 1.82) is 0 Å². The number of rotatable bonds is 5. The van der Waals surface area contributed by atoms with Gasteiger partial charge in [0.1, 0.15) is 24.5 Å². The number of imide groups is 1. The standard InChI is InChI=1S/C20H19FN2O4/c1-13-6-8-15(9-7-13)20(2)18(25)23(19(26)22-20)11-17(24)27-12-14-4-3-5-16(21)10-14/h3-10H,11-12H2,1-2H3,(H,22,26). The highest BCUT2D eigenvalue weighted by Crippen LogP contribution is 2.28. The number of halogens is 1. The Morgan fingerprint density at radius 1 is 1.19 bits per heavy atom. The molecule has 0 aromatic heterocycles. The third-order valence-electron chi connectivity index (χ3n) is 4.48. The van der Waals surface area contributed by atoms with E-state index in [0.717, 1.165) is 10.5 Å². The van der Waals surface area contributed by atoms with Gasteiger partial charge in [0.05, 0.1) is 0 Å². The smallest absolute Gasteiger partial charge is 0.326 e. The van der Waals surface area contributed by atoms with Crippen molar-refractivity contribution in [2.45, 2.75) is 26.0 Å². The number of urea groups is 1. The van der Waals surface area contributed by atoms with Crippen LogP contribution in [0.1, 0.15) is 23.6 Å². The van der Waals surface area contributed by atoms with Gasteiger partial charge in [0, 0.05) is 0 Å². The highest BCUT2D eigenvalue weighted by atomic mass is 19.1. The summed E-state index contributed by atoms with van der Waals surface area (Å²) in [5.74, 6) is -1.72. The maximum atomic E-state index is 13.1. The van der Waals surface area contributed by atoms with Crippen LogP contribution in [0, 0.1) is 12.7 Å². The molecule has 27 heavy (non-hydrogen) atoms. The molecule has 1 aliphatic heterocycles. The van der Waals surface area contributed by atoms with E-state index in [4.69, 9.17) is 4.74 Å². The van der Waals surface area contributed by atoms with Crippen molar-refractivity contribution >= 4 is 17.9 Å². The molecule has 0 spiro atoms. The summed E-state index contributed by atoms with van der Waals surface area (Å²) in [4.78, 5) is 37.9. The number of aryl methyl sites for hydroxylation is 1. The van der Waals surface area contributed by atoms with Crippen LogP contribution in [0.25, 0.3) is 0 Å². The van der Waals surface area contributed by atoms with Crippen molar-refractivity contribution in [3.63, 3.8) is 0 Å². The van der Waals surface area contributed by atoms with Gasteiger partial charge < -0.3 is 10.1 Å². The molecule has 140 valence electrons. The Morgan fingerprint density at radius 3 is 2.56 bits per heavy atom. The molecule has 1 unspecified atom stereocenters. The lowest BCUT2D eigenvalue weighted by molar-refractivity contribution is -0.148. The van der Waals surface area contributed by atoms with Crippen molar-refractivity contribution in [2.24, 2.45) is 0 Å². The highest BCUT2D eigenvalue weighted by Gasteiger charge is 2.49. The second-order valence-electron chi connectivity index (χ2n) is 6.60. The minimum Gasteiger partial charge on any atom is -0.459 e. The minimum absolute atomic E-state index is 0.143. The molecule has 6 nitrogen and oxygen atoms in total. The van der Waals surface area contributed by atoms with Gasteiger partial charge in [-0.2, -0.15) is 0 Å². The molecule has 1 heterocycles. The molecule has 0 bridgehead atoms. The Bertz CT molecular complexity index is 897. The largest absolute Gasteiger partial charge is 0.459 e. The second-order valence-corrected chi connectivity index (χ2v) is 6.60. The maximum absolute atomic E-state index is 13.1. The highest BCUT2D eigenvalue weighted by molar-refractivity contribution is 6.08. The lowest BCUT2D eigenvalue weighted by Crippen LogP contribution is -2.41. The van der Waals surface area contributed by atoms with Gasteiger partial charge in [-0.3, -0.25) is 14.5 Å². The van der Waals surface area contributed by atoms with Crippen LogP contribution < -0.4 is 5.32 Å². The van der Waals surface area contributed by atoms with Gasteiger partial charge in [0.25, 0.3) is 5.91 Å². The van der Waals surface area contributed by atoms with Crippen molar-refractivity contribution in [2.75, 3.05) is 6.54 Å². The van der Waals surface area contributed by atoms with Gasteiger partial charge >= 0.3 is 12.0 Å². The number of ether oxygens (including phenoxy) is 1. The Hall–Kier alpha value is -3.22. The van der Waals surface area contributed by atoms with Crippen LogP contribution >= 0.6 is 0 Å². The molecule has 7 heteroatoms. The zero-order valence-corrected chi connectivity index (χ0v) is 15.0. The number of carbonyl (C=O) groups is 3. The molecule has 0 radical (unpaired) electrons. The quantitative estimate of drug-likeness (QED) is 0.649. The fourth-order valence-corrected chi connectivity index (χ4v) is 2.89. The van der Waals surface area contributed by atoms with Crippen molar-refractivity contribution in [1.82, 2.24) is 10.2 Å². The van der Waals surface area contributed by atoms with E-state index in [1.54, 1.807) is 25.1 Å². The molecule has 0 aliphatic carbocycles. The van der Waals surface area contributed by atoms with Gasteiger partial charge in [0.15, 0.2) is 0 Å². The summed E-state index contributed by atoms with van der Waals surface area (Å²) in [7, 11) is 0. The molecule has 1 saturated heterocycles. The summed E-state index contributed by atoms with van der Waals surface area (Å²) in [6.07, 6.45) is 0. The van der Waals surface area contributed by atoms with Crippen LogP contribution in [0.4, 0.5) is 9.18 Å². The number of amides is 3. The molecular weight excluding hydrogens is 351 g/mol. The van der Waals surface area contributed by atoms with Crippen molar-refractivity contribution < 1.29 is 23.5 Å². The van der Waals surface area contributed by atoms with Crippen molar-refractivity contribution in [3.8, 4) is 0 Å². The Balaban J connectivity index is 1.66. The summed E-state index contributed by atoms with van der Waals surface area (Å²) in [5, 5.41) is 2.63. The van der Waals surface area contributed by atoms with Gasteiger partial charge in [-0.1, -0.05) is 42.0 Å². The predicted molar refractivity (Wildman–Crippen MR) is 95.0 cm³/mol. The van der Waals surface area contributed by atoms with Crippen LogP contribution in [-0.4, -0.2) is 29.4 Å². The molecule has 1 fully saturated rings. The summed E-state index contributed by atoms with van der Waals surface area (Å²) in [6.45, 7) is 2.86. The zero-order valence-electron chi connectivity index (χ0n) is 15.0. The van der Waals surface area contributed by atoms with E-state index in [1.807, 2.05) is 19.1 Å². The van der Waals surface area contributed by atoms with Crippen LogP contribution in [0.5, 0.6) is 0 Å². The van der Waals surface area contributed by atoms with Gasteiger partial charge in [-0.25, -0.2) is 9.18 Å². The first-order valence-electron chi connectivity index (χ1n) is 8.41. The van der Waals surface area contributed by atoms with E-state index in [2.05, 4.69) is 5.32 Å². The molecule has 1 atom stereocenters. The SMILES string of the molecule is Cc1ccc(C2(C)NC(=O)N(CC(=O)OCc3cccc(F)c3)C2=O)cc1. The monoisotopic (exact) mass is 370 g/mol. The molecule has 0 saturated carbocycles. The van der Waals surface area contributed by atoms with E-state index in [0.29, 0.717) is 11.1 Å². The first kappa shape index (κ1) is 18.6. The van der Waals surface area contributed by atoms with E-state index in [1.165, 1.54) is 18.2 Å². The Kier molecular flexibility index (Phi) is 4.94. The molecule has 3 amide bonds. The number of nitrogens with zero attached hydrogens (tertiary/aromatic N) is 1.